The Hall–Kier alpha value is -1.42. The Balaban J connectivity index is 2.03. The van der Waals surface area contributed by atoms with Gasteiger partial charge in [-0.25, -0.2) is 0 Å². The van der Waals surface area contributed by atoms with Crippen molar-refractivity contribution in [3.05, 3.63) is 30.0 Å². The van der Waals surface area contributed by atoms with E-state index in [2.05, 4.69) is 30.1 Å². The SMILES string of the molecule is Cc1ccc2[nH]cc(SCCCC(=O)O)c2c1. The van der Waals surface area contributed by atoms with Gasteiger partial charge in [0.25, 0.3) is 0 Å². The summed E-state index contributed by atoms with van der Waals surface area (Å²) < 4.78 is 0. The summed E-state index contributed by atoms with van der Waals surface area (Å²) in [6.07, 6.45) is 2.95. The Bertz CT molecular complexity index is 533. The van der Waals surface area contributed by atoms with Crippen molar-refractivity contribution in [3.63, 3.8) is 0 Å². The molecule has 2 N–H and O–H groups in total. The number of carbonyl (C=O) groups is 1. The van der Waals surface area contributed by atoms with Crippen LogP contribution in [0.4, 0.5) is 0 Å². The highest BCUT2D eigenvalue weighted by atomic mass is 32.2. The first-order chi connectivity index (χ1) is 8.16. The van der Waals surface area contributed by atoms with Crippen molar-refractivity contribution in [3.8, 4) is 0 Å². The number of aryl methyl sites for hydroxylation is 1. The summed E-state index contributed by atoms with van der Waals surface area (Å²) in [5, 5.41) is 9.79. The highest BCUT2D eigenvalue weighted by molar-refractivity contribution is 7.99. The molecule has 0 amide bonds. The van der Waals surface area contributed by atoms with Gasteiger partial charge in [0, 0.05) is 28.4 Å². The lowest BCUT2D eigenvalue weighted by molar-refractivity contribution is -0.137. The van der Waals surface area contributed by atoms with E-state index in [1.54, 1.807) is 11.8 Å². The van der Waals surface area contributed by atoms with E-state index >= 15 is 0 Å². The van der Waals surface area contributed by atoms with Crippen molar-refractivity contribution in [2.45, 2.75) is 24.7 Å². The summed E-state index contributed by atoms with van der Waals surface area (Å²) in [4.78, 5) is 14.8. The maximum Gasteiger partial charge on any atom is 0.303 e. The van der Waals surface area contributed by atoms with Crippen molar-refractivity contribution in [1.82, 2.24) is 4.98 Å². The zero-order valence-electron chi connectivity index (χ0n) is 9.69. The number of carboxylic acids is 1. The average molecular weight is 249 g/mol. The molecule has 2 aromatic rings. The van der Waals surface area contributed by atoms with Crippen molar-refractivity contribution < 1.29 is 9.90 Å². The molecule has 0 aliphatic heterocycles. The minimum Gasteiger partial charge on any atom is -0.481 e. The Morgan fingerprint density at radius 3 is 3.06 bits per heavy atom. The summed E-state index contributed by atoms with van der Waals surface area (Å²) in [6.45, 7) is 2.07. The van der Waals surface area contributed by atoms with Crippen LogP contribution in [0.15, 0.2) is 29.3 Å². The van der Waals surface area contributed by atoms with Crippen LogP contribution in [0.1, 0.15) is 18.4 Å². The number of benzene rings is 1. The molecular formula is C13H15NO2S. The molecule has 0 radical (unpaired) electrons. The number of aliphatic carboxylic acids is 1. The van der Waals surface area contributed by atoms with Crippen LogP contribution in [0.25, 0.3) is 10.9 Å². The van der Waals surface area contributed by atoms with E-state index in [4.69, 9.17) is 5.11 Å². The van der Waals surface area contributed by atoms with E-state index < -0.39 is 5.97 Å². The molecule has 0 aliphatic rings. The van der Waals surface area contributed by atoms with Crippen LogP contribution in [0.2, 0.25) is 0 Å². The number of thioether (sulfide) groups is 1. The van der Waals surface area contributed by atoms with Crippen LogP contribution in [-0.4, -0.2) is 21.8 Å². The van der Waals surface area contributed by atoms with Crippen LogP contribution < -0.4 is 0 Å². The lowest BCUT2D eigenvalue weighted by Gasteiger charge is -1.99. The number of fused-ring (bicyclic) bond motifs is 1. The molecule has 0 spiro atoms. The molecule has 0 atom stereocenters. The Morgan fingerprint density at radius 2 is 2.29 bits per heavy atom. The lowest BCUT2D eigenvalue weighted by Crippen LogP contribution is -1.94. The van der Waals surface area contributed by atoms with E-state index in [1.165, 1.54) is 15.8 Å². The third kappa shape index (κ3) is 3.03. The summed E-state index contributed by atoms with van der Waals surface area (Å²) in [5.41, 5.74) is 2.38. The minimum atomic E-state index is -0.722. The molecule has 4 heteroatoms. The number of hydrogen-bond acceptors (Lipinski definition) is 2. The summed E-state index contributed by atoms with van der Waals surface area (Å²) in [7, 11) is 0. The number of rotatable bonds is 5. The number of carboxylic acid groups (broad SMARTS) is 1. The van der Waals surface area contributed by atoms with Gasteiger partial charge in [-0.05, 0) is 31.2 Å². The second kappa shape index (κ2) is 5.27. The lowest BCUT2D eigenvalue weighted by atomic mass is 10.2. The highest BCUT2D eigenvalue weighted by Gasteiger charge is 2.04. The molecule has 17 heavy (non-hydrogen) atoms. The second-order valence-electron chi connectivity index (χ2n) is 4.05. The molecule has 0 saturated carbocycles. The molecule has 0 fully saturated rings. The van der Waals surface area contributed by atoms with Gasteiger partial charge in [-0.15, -0.1) is 11.8 Å². The predicted molar refractivity (Wildman–Crippen MR) is 70.6 cm³/mol. The molecular weight excluding hydrogens is 234 g/mol. The van der Waals surface area contributed by atoms with Gasteiger partial charge in [0.2, 0.25) is 0 Å². The molecule has 0 unspecified atom stereocenters. The molecule has 1 aromatic heterocycles. The monoisotopic (exact) mass is 249 g/mol. The van der Waals surface area contributed by atoms with Gasteiger partial charge >= 0.3 is 5.97 Å². The van der Waals surface area contributed by atoms with Crippen molar-refractivity contribution in [2.75, 3.05) is 5.75 Å². The maximum atomic E-state index is 10.4. The molecule has 1 aromatic carbocycles. The first-order valence-electron chi connectivity index (χ1n) is 5.59. The molecule has 1 heterocycles. The molecule has 90 valence electrons. The van der Waals surface area contributed by atoms with Gasteiger partial charge in [0.15, 0.2) is 0 Å². The van der Waals surface area contributed by atoms with Crippen LogP contribution in [0.5, 0.6) is 0 Å². The van der Waals surface area contributed by atoms with Gasteiger partial charge in [-0.1, -0.05) is 11.6 Å². The van der Waals surface area contributed by atoms with E-state index in [9.17, 15) is 4.79 Å². The Morgan fingerprint density at radius 1 is 1.47 bits per heavy atom. The van der Waals surface area contributed by atoms with Gasteiger partial charge < -0.3 is 10.1 Å². The fourth-order valence-electron chi connectivity index (χ4n) is 1.73. The first-order valence-corrected chi connectivity index (χ1v) is 6.58. The fourth-order valence-corrected chi connectivity index (χ4v) is 2.71. The molecule has 0 aliphatic carbocycles. The van der Waals surface area contributed by atoms with E-state index in [1.807, 2.05) is 6.20 Å². The Labute approximate surface area is 104 Å². The van der Waals surface area contributed by atoms with Gasteiger partial charge in [-0.2, -0.15) is 0 Å². The fraction of sp³-hybridized carbons (Fsp3) is 0.308. The summed E-state index contributed by atoms with van der Waals surface area (Å²) >= 11 is 1.71. The zero-order valence-corrected chi connectivity index (χ0v) is 10.5. The van der Waals surface area contributed by atoms with Gasteiger partial charge in [-0.3, -0.25) is 4.79 Å². The van der Waals surface area contributed by atoms with Crippen LogP contribution in [0.3, 0.4) is 0 Å². The van der Waals surface area contributed by atoms with Crippen molar-refractivity contribution in [2.24, 2.45) is 0 Å². The van der Waals surface area contributed by atoms with Crippen LogP contribution >= 0.6 is 11.8 Å². The number of nitrogens with one attached hydrogen (secondary N) is 1. The smallest absolute Gasteiger partial charge is 0.303 e. The summed E-state index contributed by atoms with van der Waals surface area (Å²) in [6, 6.07) is 6.31. The number of aromatic amines is 1. The van der Waals surface area contributed by atoms with E-state index in [-0.39, 0.29) is 6.42 Å². The third-order valence-corrected chi connectivity index (χ3v) is 3.73. The number of H-pyrrole nitrogens is 1. The minimum absolute atomic E-state index is 0.244. The topological polar surface area (TPSA) is 53.1 Å². The average Bonchev–Trinajstić information content (AvgIpc) is 2.67. The number of hydrogen-bond donors (Lipinski definition) is 2. The molecule has 2 rings (SSSR count). The quantitative estimate of drug-likeness (QED) is 0.630. The van der Waals surface area contributed by atoms with Crippen molar-refractivity contribution in [1.29, 1.82) is 0 Å². The summed E-state index contributed by atoms with van der Waals surface area (Å²) in [5.74, 6) is 0.119. The normalized spacial score (nSPS) is 10.9. The second-order valence-corrected chi connectivity index (χ2v) is 5.18. The highest BCUT2D eigenvalue weighted by Crippen LogP contribution is 2.29. The first kappa shape index (κ1) is 12.0. The van der Waals surface area contributed by atoms with Gasteiger partial charge in [0.1, 0.15) is 0 Å². The van der Waals surface area contributed by atoms with Gasteiger partial charge in [0.05, 0.1) is 0 Å². The molecule has 3 nitrogen and oxygen atoms in total. The van der Waals surface area contributed by atoms with Crippen LogP contribution in [-0.2, 0) is 4.79 Å². The Kier molecular flexibility index (Phi) is 3.74. The molecule has 0 saturated heterocycles. The predicted octanol–water partition coefficient (Wildman–Crippen LogP) is 3.43. The van der Waals surface area contributed by atoms with Crippen molar-refractivity contribution >= 4 is 28.6 Å². The zero-order chi connectivity index (χ0) is 12.3. The largest absolute Gasteiger partial charge is 0.481 e. The van der Waals surface area contributed by atoms with E-state index in [0.29, 0.717) is 6.42 Å². The molecule has 0 bridgehead atoms. The standard InChI is InChI=1S/C13H15NO2S/c1-9-4-5-11-10(7-9)12(8-14-11)17-6-2-3-13(15)16/h4-5,7-8,14H,2-3,6H2,1H3,(H,15,16). The van der Waals surface area contributed by atoms with E-state index in [0.717, 1.165) is 11.3 Å². The van der Waals surface area contributed by atoms with Crippen LogP contribution in [0, 0.1) is 6.92 Å². The maximum absolute atomic E-state index is 10.4. The third-order valence-electron chi connectivity index (χ3n) is 2.59. The number of aromatic nitrogens is 1.